The summed E-state index contributed by atoms with van der Waals surface area (Å²) in [5, 5.41) is 10.3. The number of carbonyl (C=O) groups excluding carboxylic acids is 1. The lowest BCUT2D eigenvalue weighted by Gasteiger charge is -2.37. The number of aliphatic hydroxyl groups is 1. The third kappa shape index (κ3) is 7.04. The minimum atomic E-state index is -1.04. The second-order valence-corrected chi connectivity index (χ2v) is 7.96. The van der Waals surface area contributed by atoms with Crippen LogP contribution in [-0.4, -0.2) is 36.4 Å². The maximum Gasteiger partial charge on any atom is 0.331 e. The summed E-state index contributed by atoms with van der Waals surface area (Å²) in [6.45, 7) is 9.53. The Morgan fingerprint density at radius 2 is 1.80 bits per heavy atom. The van der Waals surface area contributed by atoms with Crippen LogP contribution in [0.1, 0.15) is 45.7 Å². The number of benzene rings is 2. The largest absolute Gasteiger partial charge is 0.489 e. The van der Waals surface area contributed by atoms with Crippen LogP contribution in [0.3, 0.4) is 0 Å². The summed E-state index contributed by atoms with van der Waals surface area (Å²) in [5.74, 6) is 0.248. The van der Waals surface area contributed by atoms with Gasteiger partial charge >= 0.3 is 13.5 Å². The summed E-state index contributed by atoms with van der Waals surface area (Å²) in [5.41, 5.74) is 0.702. The van der Waals surface area contributed by atoms with Crippen LogP contribution in [0.4, 0.5) is 0 Å². The Morgan fingerprint density at radius 1 is 1.10 bits per heavy atom. The molecule has 0 heterocycles. The molecule has 0 bridgehead atoms. The summed E-state index contributed by atoms with van der Waals surface area (Å²) in [6, 6.07) is 15.4. The highest BCUT2D eigenvalue weighted by atomic mass is 16.5. The van der Waals surface area contributed by atoms with Crippen LogP contribution < -0.4 is 10.2 Å². The maximum absolute atomic E-state index is 11.8. The van der Waals surface area contributed by atoms with Crippen LogP contribution in [0.2, 0.25) is 0 Å². The molecule has 159 valence electrons. The first-order valence-electron chi connectivity index (χ1n) is 10.0. The Bertz CT molecular complexity index is 854. The molecular weight excluding hydrogens is 379 g/mol. The van der Waals surface area contributed by atoms with Crippen molar-refractivity contribution in [2.45, 2.75) is 52.4 Å². The molecule has 0 fully saturated rings. The van der Waals surface area contributed by atoms with Crippen molar-refractivity contribution in [2.75, 3.05) is 6.61 Å². The summed E-state index contributed by atoms with van der Waals surface area (Å²) < 4.78 is 16.7. The van der Waals surface area contributed by atoms with Gasteiger partial charge in [-0.15, -0.1) is 0 Å². The smallest absolute Gasteiger partial charge is 0.331 e. The van der Waals surface area contributed by atoms with Gasteiger partial charge < -0.3 is 19.2 Å². The number of esters is 1. The molecule has 0 aliphatic carbocycles. The lowest BCUT2D eigenvalue weighted by atomic mass is 9.80. The summed E-state index contributed by atoms with van der Waals surface area (Å²) in [7, 11) is 1.59. The van der Waals surface area contributed by atoms with E-state index in [0.717, 1.165) is 16.6 Å². The Hall–Kier alpha value is -2.57. The molecule has 0 aliphatic heterocycles. The molecule has 0 aliphatic rings. The van der Waals surface area contributed by atoms with Crippen molar-refractivity contribution in [1.29, 1.82) is 0 Å². The van der Waals surface area contributed by atoms with Gasteiger partial charge in [0.15, 0.2) is 0 Å². The van der Waals surface area contributed by atoms with E-state index in [9.17, 15) is 9.90 Å². The minimum Gasteiger partial charge on any atom is -0.489 e. The molecule has 1 radical (unpaired) electrons. The minimum absolute atomic E-state index is 0.311. The summed E-state index contributed by atoms with van der Waals surface area (Å²) >= 11 is 0. The average Bonchev–Trinajstić information content (AvgIpc) is 2.70. The Labute approximate surface area is 179 Å². The molecule has 0 saturated heterocycles. The second-order valence-electron chi connectivity index (χ2n) is 7.96. The highest BCUT2D eigenvalue weighted by molar-refractivity contribution is 6.48. The van der Waals surface area contributed by atoms with Crippen molar-refractivity contribution in [1.82, 2.24) is 0 Å². The molecular formula is C24H30BO5. The van der Waals surface area contributed by atoms with Gasteiger partial charge in [-0.05, 0) is 69.4 Å². The van der Waals surface area contributed by atoms with Crippen LogP contribution >= 0.6 is 0 Å². The predicted molar refractivity (Wildman–Crippen MR) is 120 cm³/mol. The van der Waals surface area contributed by atoms with Gasteiger partial charge in [0.2, 0.25) is 0 Å². The Balaban J connectivity index is 2.21. The zero-order valence-corrected chi connectivity index (χ0v) is 18.3. The van der Waals surface area contributed by atoms with E-state index in [4.69, 9.17) is 14.1 Å². The van der Waals surface area contributed by atoms with E-state index in [-0.39, 0.29) is 0 Å². The van der Waals surface area contributed by atoms with E-state index < -0.39 is 17.2 Å². The molecule has 0 unspecified atom stereocenters. The van der Waals surface area contributed by atoms with Gasteiger partial charge in [0.05, 0.1) is 17.8 Å². The third-order valence-electron chi connectivity index (χ3n) is 4.95. The van der Waals surface area contributed by atoms with Crippen LogP contribution in [0, 0.1) is 0 Å². The summed E-state index contributed by atoms with van der Waals surface area (Å²) in [6.07, 6.45) is 3.04. The van der Waals surface area contributed by atoms with E-state index in [0.29, 0.717) is 19.0 Å². The zero-order valence-electron chi connectivity index (χ0n) is 18.3. The first kappa shape index (κ1) is 23.7. The number of rotatable bonds is 10. The van der Waals surface area contributed by atoms with Gasteiger partial charge in [-0.1, -0.05) is 36.4 Å². The predicted octanol–water partition coefficient (Wildman–Crippen LogP) is 3.65. The third-order valence-corrected chi connectivity index (χ3v) is 4.95. The first-order valence-corrected chi connectivity index (χ1v) is 10.0. The molecule has 2 aromatic carbocycles. The van der Waals surface area contributed by atoms with Crippen molar-refractivity contribution >= 4 is 25.0 Å². The Kier molecular flexibility index (Phi) is 8.27. The molecule has 0 atom stereocenters. The average molecular weight is 409 g/mol. The van der Waals surface area contributed by atoms with Crippen LogP contribution in [-0.2, 0) is 20.8 Å². The first-order chi connectivity index (χ1) is 14.1. The molecule has 0 aromatic heterocycles. The molecule has 30 heavy (non-hydrogen) atoms. The van der Waals surface area contributed by atoms with Crippen molar-refractivity contribution in [2.24, 2.45) is 0 Å². The van der Waals surface area contributed by atoms with Crippen molar-refractivity contribution in [3.05, 3.63) is 65.7 Å². The van der Waals surface area contributed by atoms with Crippen molar-refractivity contribution in [3.63, 3.8) is 0 Å². The van der Waals surface area contributed by atoms with Gasteiger partial charge in [0, 0.05) is 6.08 Å². The molecule has 0 saturated carbocycles. The highest BCUT2D eigenvalue weighted by Gasteiger charge is 2.35. The molecule has 0 amide bonds. The SMILES string of the molecule is CCOC(=O)C=Cc1cc(OCc2ccccc2)ccc1[B]OC(C)(C)C(C)(C)O. The highest BCUT2D eigenvalue weighted by Crippen LogP contribution is 2.24. The van der Waals surface area contributed by atoms with Gasteiger partial charge in [-0.25, -0.2) is 4.79 Å². The molecule has 5 nitrogen and oxygen atoms in total. The fourth-order valence-electron chi connectivity index (χ4n) is 2.34. The maximum atomic E-state index is 11.8. The standard InChI is InChI=1S/C24H30BO5/c1-6-28-22(26)15-12-19-16-20(29-17-18-10-8-7-9-11-18)13-14-21(19)25-30-24(4,5)23(2,3)27/h7-16,27H,6,17H2,1-5H3. The van der Waals surface area contributed by atoms with E-state index in [1.54, 1.807) is 34.3 Å². The van der Waals surface area contributed by atoms with Gasteiger partial charge in [-0.2, -0.15) is 0 Å². The number of ether oxygens (including phenoxy) is 2. The molecule has 0 spiro atoms. The molecule has 1 N–H and O–H groups in total. The van der Waals surface area contributed by atoms with Crippen molar-refractivity contribution in [3.8, 4) is 5.75 Å². The summed E-state index contributed by atoms with van der Waals surface area (Å²) in [4.78, 5) is 11.8. The lowest BCUT2D eigenvalue weighted by molar-refractivity contribution is -0.137. The van der Waals surface area contributed by atoms with Gasteiger partial charge in [0.1, 0.15) is 12.4 Å². The number of carbonyl (C=O) groups is 1. The topological polar surface area (TPSA) is 65.0 Å². The van der Waals surface area contributed by atoms with Crippen molar-refractivity contribution < 1.29 is 24.0 Å². The number of hydrogen-bond acceptors (Lipinski definition) is 5. The van der Waals surface area contributed by atoms with Crippen LogP contribution in [0.15, 0.2) is 54.6 Å². The van der Waals surface area contributed by atoms with E-state index >= 15 is 0 Å². The molecule has 2 rings (SSSR count). The fourth-order valence-corrected chi connectivity index (χ4v) is 2.34. The van der Waals surface area contributed by atoms with E-state index in [1.165, 1.54) is 6.08 Å². The molecule has 6 heteroatoms. The Morgan fingerprint density at radius 3 is 2.43 bits per heavy atom. The van der Waals surface area contributed by atoms with E-state index in [2.05, 4.69) is 0 Å². The number of hydrogen-bond donors (Lipinski definition) is 1. The lowest BCUT2D eigenvalue weighted by Crippen LogP contribution is -2.49. The van der Waals surface area contributed by atoms with Crippen LogP contribution in [0.25, 0.3) is 6.08 Å². The fraction of sp³-hybridized carbons (Fsp3) is 0.375. The monoisotopic (exact) mass is 409 g/mol. The quantitative estimate of drug-likeness (QED) is 0.369. The van der Waals surface area contributed by atoms with Crippen LogP contribution in [0.5, 0.6) is 5.75 Å². The van der Waals surface area contributed by atoms with E-state index in [1.807, 2.05) is 62.4 Å². The van der Waals surface area contributed by atoms with Gasteiger partial charge in [-0.3, -0.25) is 0 Å². The molecule has 2 aromatic rings. The second kappa shape index (κ2) is 10.5. The normalized spacial score (nSPS) is 12.1. The zero-order chi connectivity index (χ0) is 22.2. The van der Waals surface area contributed by atoms with Gasteiger partial charge in [0.25, 0.3) is 0 Å².